The molecule has 5 nitrogen and oxygen atoms in total. The zero-order valence-corrected chi connectivity index (χ0v) is 10.9. The molecule has 0 radical (unpaired) electrons. The molecular formula is C13H20N2O3. The molecule has 0 aliphatic heterocycles. The molecule has 0 aliphatic rings. The third kappa shape index (κ3) is 4.73. The molecule has 0 heterocycles. The van der Waals surface area contributed by atoms with Crippen LogP contribution >= 0.6 is 0 Å². The van der Waals surface area contributed by atoms with Crippen LogP contribution in [-0.2, 0) is 16.1 Å². The molecule has 1 aromatic rings. The van der Waals surface area contributed by atoms with Crippen molar-refractivity contribution in [2.24, 2.45) is 5.73 Å². The number of amides is 1. The first-order valence-electron chi connectivity index (χ1n) is 5.85. The number of methoxy groups -OCH3 is 1. The normalized spacial score (nSPS) is 10.2. The Bertz CT molecular complexity index is 394. The highest BCUT2D eigenvalue weighted by Gasteiger charge is 2.06. The minimum Gasteiger partial charge on any atom is -0.483 e. The second-order valence-corrected chi connectivity index (χ2v) is 3.95. The molecule has 0 unspecified atom stereocenters. The van der Waals surface area contributed by atoms with Crippen LogP contribution in [0.3, 0.4) is 0 Å². The molecule has 1 aromatic carbocycles. The van der Waals surface area contributed by atoms with Crippen LogP contribution in [0, 0.1) is 6.92 Å². The Labute approximate surface area is 107 Å². The lowest BCUT2D eigenvalue weighted by Crippen LogP contribution is -2.31. The fourth-order valence-electron chi connectivity index (χ4n) is 1.50. The van der Waals surface area contributed by atoms with Crippen LogP contribution < -0.4 is 15.8 Å². The second-order valence-electron chi connectivity index (χ2n) is 3.95. The van der Waals surface area contributed by atoms with E-state index in [1.54, 1.807) is 7.11 Å². The number of nitrogens with two attached hydrogens (primary N) is 1. The number of nitrogens with one attached hydrogen (secondary N) is 1. The molecular weight excluding hydrogens is 232 g/mol. The predicted molar refractivity (Wildman–Crippen MR) is 69.5 cm³/mol. The van der Waals surface area contributed by atoms with Crippen LogP contribution in [0.25, 0.3) is 0 Å². The Morgan fingerprint density at radius 1 is 1.44 bits per heavy atom. The lowest BCUT2D eigenvalue weighted by molar-refractivity contribution is -0.123. The van der Waals surface area contributed by atoms with E-state index in [0.717, 1.165) is 11.1 Å². The summed E-state index contributed by atoms with van der Waals surface area (Å²) in [5, 5.41) is 2.68. The fraction of sp³-hybridized carbons (Fsp3) is 0.462. The number of carbonyl (C=O) groups excluding carboxylic acids is 1. The van der Waals surface area contributed by atoms with Crippen molar-refractivity contribution in [1.29, 1.82) is 0 Å². The van der Waals surface area contributed by atoms with Gasteiger partial charge in [0.1, 0.15) is 5.75 Å². The minimum absolute atomic E-state index is 0.0141. The molecule has 5 heteroatoms. The molecule has 0 bridgehead atoms. The highest BCUT2D eigenvalue weighted by Crippen LogP contribution is 2.19. The van der Waals surface area contributed by atoms with Gasteiger partial charge in [0.25, 0.3) is 5.91 Å². The van der Waals surface area contributed by atoms with E-state index in [2.05, 4.69) is 5.32 Å². The molecule has 100 valence electrons. The number of ether oxygens (including phenoxy) is 2. The molecule has 3 N–H and O–H groups in total. The molecule has 1 amide bonds. The molecule has 0 atom stereocenters. The van der Waals surface area contributed by atoms with E-state index in [-0.39, 0.29) is 12.5 Å². The van der Waals surface area contributed by atoms with Crippen molar-refractivity contribution >= 4 is 5.91 Å². The summed E-state index contributed by atoms with van der Waals surface area (Å²) in [6, 6.07) is 5.72. The van der Waals surface area contributed by atoms with Gasteiger partial charge < -0.3 is 20.5 Å². The topological polar surface area (TPSA) is 73.6 Å². The molecule has 0 saturated heterocycles. The summed E-state index contributed by atoms with van der Waals surface area (Å²) in [4.78, 5) is 11.4. The Balaban J connectivity index is 2.45. The fourth-order valence-corrected chi connectivity index (χ4v) is 1.50. The summed E-state index contributed by atoms with van der Waals surface area (Å²) in [7, 11) is 1.59. The van der Waals surface area contributed by atoms with Crippen LogP contribution in [-0.4, -0.2) is 32.8 Å². The maximum absolute atomic E-state index is 11.4. The molecule has 0 aliphatic carbocycles. The van der Waals surface area contributed by atoms with Gasteiger partial charge in [-0.05, 0) is 13.0 Å². The summed E-state index contributed by atoms with van der Waals surface area (Å²) < 4.78 is 10.3. The van der Waals surface area contributed by atoms with Crippen LogP contribution in [0.2, 0.25) is 0 Å². The first-order chi connectivity index (χ1) is 8.67. The minimum atomic E-state index is -0.171. The maximum atomic E-state index is 11.4. The van der Waals surface area contributed by atoms with Gasteiger partial charge in [0.05, 0.1) is 6.61 Å². The summed E-state index contributed by atoms with van der Waals surface area (Å²) in [5.41, 5.74) is 7.65. The number of benzene rings is 1. The summed E-state index contributed by atoms with van der Waals surface area (Å²) in [6.45, 7) is 3.34. The highest BCUT2D eigenvalue weighted by molar-refractivity contribution is 5.77. The number of rotatable bonds is 7. The lowest BCUT2D eigenvalue weighted by atomic mass is 10.1. The Morgan fingerprint density at radius 3 is 2.89 bits per heavy atom. The largest absolute Gasteiger partial charge is 0.483 e. The third-order valence-electron chi connectivity index (χ3n) is 2.42. The van der Waals surface area contributed by atoms with E-state index in [1.807, 2.05) is 25.1 Å². The van der Waals surface area contributed by atoms with E-state index in [1.165, 1.54) is 0 Å². The highest BCUT2D eigenvalue weighted by atomic mass is 16.5. The Kier molecular flexibility index (Phi) is 6.18. The molecule has 0 fully saturated rings. The molecule has 0 saturated carbocycles. The zero-order valence-electron chi connectivity index (χ0n) is 10.9. The first kappa shape index (κ1) is 14.5. The average molecular weight is 252 g/mol. The van der Waals surface area contributed by atoms with Crippen LogP contribution in [0.1, 0.15) is 11.1 Å². The Hall–Kier alpha value is -1.59. The van der Waals surface area contributed by atoms with Crippen molar-refractivity contribution in [2.45, 2.75) is 13.5 Å². The van der Waals surface area contributed by atoms with Gasteiger partial charge in [0.15, 0.2) is 6.61 Å². The van der Waals surface area contributed by atoms with E-state index in [9.17, 15) is 4.79 Å². The van der Waals surface area contributed by atoms with Crippen molar-refractivity contribution in [3.63, 3.8) is 0 Å². The number of carbonyl (C=O) groups is 1. The maximum Gasteiger partial charge on any atom is 0.258 e. The standard InChI is InChI=1S/C13H20N2O3/c1-10-3-4-12(11(7-10)8-14)18-9-13(16)15-5-6-17-2/h3-4,7H,5-6,8-9,14H2,1-2H3,(H,15,16). The molecule has 0 aromatic heterocycles. The summed E-state index contributed by atoms with van der Waals surface area (Å²) in [6.07, 6.45) is 0. The van der Waals surface area contributed by atoms with Gasteiger partial charge in [-0.15, -0.1) is 0 Å². The number of aryl methyl sites for hydroxylation is 1. The van der Waals surface area contributed by atoms with Gasteiger partial charge in [-0.1, -0.05) is 17.7 Å². The number of hydrogen-bond acceptors (Lipinski definition) is 4. The van der Waals surface area contributed by atoms with E-state index in [0.29, 0.717) is 25.4 Å². The van der Waals surface area contributed by atoms with E-state index >= 15 is 0 Å². The first-order valence-corrected chi connectivity index (χ1v) is 5.85. The van der Waals surface area contributed by atoms with Gasteiger partial charge in [-0.2, -0.15) is 0 Å². The molecule has 1 rings (SSSR count). The molecule has 18 heavy (non-hydrogen) atoms. The smallest absolute Gasteiger partial charge is 0.258 e. The van der Waals surface area contributed by atoms with Gasteiger partial charge in [0, 0.05) is 25.8 Å². The second kappa shape index (κ2) is 7.68. The molecule has 0 spiro atoms. The predicted octanol–water partition coefficient (Wildman–Crippen LogP) is 0.595. The van der Waals surface area contributed by atoms with E-state index in [4.69, 9.17) is 15.2 Å². The van der Waals surface area contributed by atoms with Gasteiger partial charge in [-0.25, -0.2) is 0 Å². The third-order valence-corrected chi connectivity index (χ3v) is 2.42. The monoisotopic (exact) mass is 252 g/mol. The number of hydrogen-bond donors (Lipinski definition) is 2. The van der Waals surface area contributed by atoms with Crippen LogP contribution in [0.15, 0.2) is 18.2 Å². The summed E-state index contributed by atoms with van der Waals surface area (Å²) >= 11 is 0. The van der Waals surface area contributed by atoms with Crippen molar-refractivity contribution in [3.8, 4) is 5.75 Å². The SMILES string of the molecule is COCCNC(=O)COc1ccc(C)cc1CN. The van der Waals surface area contributed by atoms with Crippen molar-refractivity contribution in [1.82, 2.24) is 5.32 Å². The van der Waals surface area contributed by atoms with Crippen molar-refractivity contribution in [3.05, 3.63) is 29.3 Å². The van der Waals surface area contributed by atoms with E-state index < -0.39 is 0 Å². The van der Waals surface area contributed by atoms with Gasteiger partial charge >= 0.3 is 0 Å². The van der Waals surface area contributed by atoms with Crippen LogP contribution in [0.5, 0.6) is 5.75 Å². The van der Waals surface area contributed by atoms with Crippen LogP contribution in [0.4, 0.5) is 0 Å². The average Bonchev–Trinajstić information content (AvgIpc) is 2.37. The summed E-state index contributed by atoms with van der Waals surface area (Å²) in [5.74, 6) is 0.487. The van der Waals surface area contributed by atoms with Crippen molar-refractivity contribution in [2.75, 3.05) is 26.9 Å². The Morgan fingerprint density at radius 2 is 2.22 bits per heavy atom. The quantitative estimate of drug-likeness (QED) is 0.697. The van der Waals surface area contributed by atoms with Gasteiger partial charge in [-0.3, -0.25) is 4.79 Å². The zero-order chi connectivity index (χ0) is 13.4. The van der Waals surface area contributed by atoms with Gasteiger partial charge in [0.2, 0.25) is 0 Å². The van der Waals surface area contributed by atoms with Crippen molar-refractivity contribution < 1.29 is 14.3 Å². The lowest BCUT2D eigenvalue weighted by Gasteiger charge is -2.11.